The smallest absolute Gasteiger partial charge is 0.271 e. The van der Waals surface area contributed by atoms with Gasteiger partial charge in [-0.3, -0.25) is 4.72 Å². The van der Waals surface area contributed by atoms with Crippen LogP contribution in [0.4, 0.5) is 5.69 Å². The van der Waals surface area contributed by atoms with Gasteiger partial charge in [-0.15, -0.1) is 11.3 Å². The van der Waals surface area contributed by atoms with Crippen molar-refractivity contribution >= 4 is 27.0 Å². The number of thiophene rings is 1. The minimum absolute atomic E-state index is 0.356. The standard InChI is InChI=1S/C15H20N2O2S2/c1-3-16-11-10-14-8-9-15(20-14)21(18,19)17-13-6-4-12(2)5-7-13/h4-9,16-17H,3,10-11H2,1-2H3. The van der Waals surface area contributed by atoms with Crippen molar-refractivity contribution in [2.45, 2.75) is 24.5 Å². The second kappa shape index (κ2) is 7.06. The summed E-state index contributed by atoms with van der Waals surface area (Å²) in [4.78, 5) is 1.07. The molecule has 0 radical (unpaired) electrons. The van der Waals surface area contributed by atoms with Gasteiger partial charge in [0.05, 0.1) is 0 Å². The lowest BCUT2D eigenvalue weighted by atomic mass is 10.2. The molecule has 0 saturated carbocycles. The number of likely N-dealkylation sites (N-methyl/N-ethyl adjacent to an activating group) is 1. The maximum absolute atomic E-state index is 12.3. The molecule has 0 saturated heterocycles. The van der Waals surface area contributed by atoms with Gasteiger partial charge in [0, 0.05) is 10.6 Å². The predicted octanol–water partition coefficient (Wildman–Crippen LogP) is 3.01. The van der Waals surface area contributed by atoms with Crippen LogP contribution in [-0.2, 0) is 16.4 Å². The minimum Gasteiger partial charge on any atom is -0.317 e. The SMILES string of the molecule is CCNCCc1ccc(S(=O)(=O)Nc2ccc(C)cc2)s1. The molecule has 0 aliphatic carbocycles. The van der Waals surface area contributed by atoms with Crippen LogP contribution in [-0.4, -0.2) is 21.5 Å². The third kappa shape index (κ3) is 4.56. The van der Waals surface area contributed by atoms with Gasteiger partial charge < -0.3 is 5.32 Å². The molecule has 0 atom stereocenters. The largest absolute Gasteiger partial charge is 0.317 e. The maximum Gasteiger partial charge on any atom is 0.271 e. The fraction of sp³-hybridized carbons (Fsp3) is 0.333. The molecule has 1 aromatic heterocycles. The van der Waals surface area contributed by atoms with Gasteiger partial charge in [-0.2, -0.15) is 0 Å². The number of benzene rings is 1. The Morgan fingerprint density at radius 2 is 1.81 bits per heavy atom. The van der Waals surface area contributed by atoms with Crippen LogP contribution >= 0.6 is 11.3 Å². The van der Waals surface area contributed by atoms with Crippen molar-refractivity contribution in [1.82, 2.24) is 5.32 Å². The van der Waals surface area contributed by atoms with Gasteiger partial charge in [0.1, 0.15) is 4.21 Å². The van der Waals surface area contributed by atoms with E-state index in [4.69, 9.17) is 0 Å². The fourth-order valence-corrected chi connectivity index (χ4v) is 4.27. The van der Waals surface area contributed by atoms with Crippen LogP contribution in [0.1, 0.15) is 17.4 Å². The molecular formula is C15H20N2O2S2. The first-order valence-electron chi connectivity index (χ1n) is 6.90. The van der Waals surface area contributed by atoms with Gasteiger partial charge in [0.25, 0.3) is 10.0 Å². The second-order valence-corrected chi connectivity index (χ2v) is 7.87. The van der Waals surface area contributed by atoms with Crippen molar-refractivity contribution in [3.8, 4) is 0 Å². The van der Waals surface area contributed by atoms with Crippen molar-refractivity contribution < 1.29 is 8.42 Å². The molecule has 0 bridgehead atoms. The molecule has 1 heterocycles. The monoisotopic (exact) mass is 324 g/mol. The molecule has 114 valence electrons. The summed E-state index contributed by atoms with van der Waals surface area (Å²) in [6, 6.07) is 10.9. The zero-order valence-electron chi connectivity index (χ0n) is 12.2. The van der Waals surface area contributed by atoms with Crippen molar-refractivity contribution in [3.63, 3.8) is 0 Å². The molecule has 0 unspecified atom stereocenters. The van der Waals surface area contributed by atoms with Gasteiger partial charge in [0.15, 0.2) is 0 Å². The highest BCUT2D eigenvalue weighted by molar-refractivity contribution is 7.94. The molecule has 2 N–H and O–H groups in total. The van der Waals surface area contributed by atoms with Crippen LogP contribution in [0.15, 0.2) is 40.6 Å². The van der Waals surface area contributed by atoms with Crippen molar-refractivity contribution in [3.05, 3.63) is 46.8 Å². The van der Waals surface area contributed by atoms with E-state index in [2.05, 4.69) is 17.0 Å². The Bertz CT molecular complexity index is 676. The molecule has 4 nitrogen and oxygen atoms in total. The summed E-state index contributed by atoms with van der Waals surface area (Å²) in [5.74, 6) is 0. The van der Waals surface area contributed by atoms with Gasteiger partial charge in [-0.25, -0.2) is 8.42 Å². The summed E-state index contributed by atoms with van der Waals surface area (Å²) in [7, 11) is -3.49. The van der Waals surface area contributed by atoms with E-state index < -0.39 is 10.0 Å². The van der Waals surface area contributed by atoms with E-state index >= 15 is 0 Å². The second-order valence-electron chi connectivity index (χ2n) is 4.80. The van der Waals surface area contributed by atoms with Gasteiger partial charge in [-0.1, -0.05) is 24.6 Å². The molecule has 0 fully saturated rings. The van der Waals surface area contributed by atoms with E-state index in [1.807, 2.05) is 25.1 Å². The van der Waals surface area contributed by atoms with Gasteiger partial charge in [0.2, 0.25) is 0 Å². The number of nitrogens with one attached hydrogen (secondary N) is 2. The van der Waals surface area contributed by atoms with Crippen molar-refractivity contribution in [2.24, 2.45) is 0 Å². The molecule has 0 aliphatic heterocycles. The van der Waals surface area contributed by atoms with E-state index in [1.54, 1.807) is 18.2 Å². The number of hydrogen-bond acceptors (Lipinski definition) is 4. The molecule has 6 heteroatoms. The molecular weight excluding hydrogens is 304 g/mol. The summed E-state index contributed by atoms with van der Waals surface area (Å²) in [5.41, 5.74) is 1.68. The van der Waals surface area contributed by atoms with Crippen LogP contribution in [0.5, 0.6) is 0 Å². The van der Waals surface area contributed by atoms with Crippen LogP contribution in [0.3, 0.4) is 0 Å². The Morgan fingerprint density at radius 1 is 1.10 bits per heavy atom. The zero-order chi connectivity index (χ0) is 15.3. The fourth-order valence-electron chi connectivity index (χ4n) is 1.85. The average Bonchev–Trinajstić information content (AvgIpc) is 2.91. The highest BCUT2D eigenvalue weighted by Crippen LogP contribution is 2.24. The third-order valence-corrected chi connectivity index (χ3v) is 6.02. The topological polar surface area (TPSA) is 58.2 Å². The van der Waals surface area contributed by atoms with Crippen LogP contribution in [0, 0.1) is 6.92 Å². The Balaban J connectivity index is 2.07. The quantitative estimate of drug-likeness (QED) is 0.770. The Kier molecular flexibility index (Phi) is 5.39. The Morgan fingerprint density at radius 3 is 2.48 bits per heavy atom. The highest BCUT2D eigenvalue weighted by atomic mass is 32.2. The predicted molar refractivity (Wildman–Crippen MR) is 88.6 cm³/mol. The third-order valence-electron chi connectivity index (χ3n) is 3.00. The molecule has 1 aromatic carbocycles. The Hall–Kier alpha value is -1.37. The van der Waals surface area contributed by atoms with Gasteiger partial charge in [-0.05, 0) is 50.7 Å². The summed E-state index contributed by atoms with van der Waals surface area (Å²) < 4.78 is 27.6. The highest BCUT2D eigenvalue weighted by Gasteiger charge is 2.16. The molecule has 21 heavy (non-hydrogen) atoms. The molecule has 0 amide bonds. The zero-order valence-corrected chi connectivity index (χ0v) is 13.9. The number of rotatable bonds is 7. The molecule has 2 aromatic rings. The van der Waals surface area contributed by atoms with E-state index in [-0.39, 0.29) is 0 Å². The summed E-state index contributed by atoms with van der Waals surface area (Å²) in [6.45, 7) is 5.80. The summed E-state index contributed by atoms with van der Waals surface area (Å²) >= 11 is 1.32. The molecule has 0 aliphatic rings. The first kappa shape index (κ1) is 16.0. The number of hydrogen-bond donors (Lipinski definition) is 2. The minimum atomic E-state index is -3.49. The van der Waals surface area contributed by atoms with Crippen LogP contribution in [0.25, 0.3) is 0 Å². The first-order chi connectivity index (χ1) is 10.0. The average molecular weight is 324 g/mol. The lowest BCUT2D eigenvalue weighted by molar-refractivity contribution is 0.603. The van der Waals surface area contributed by atoms with E-state index in [0.717, 1.165) is 30.0 Å². The van der Waals surface area contributed by atoms with Gasteiger partial charge >= 0.3 is 0 Å². The number of anilines is 1. The molecule has 0 spiro atoms. The lowest BCUT2D eigenvalue weighted by Crippen LogP contribution is -2.15. The van der Waals surface area contributed by atoms with Crippen LogP contribution in [0.2, 0.25) is 0 Å². The number of sulfonamides is 1. The van der Waals surface area contributed by atoms with Crippen LogP contribution < -0.4 is 10.0 Å². The maximum atomic E-state index is 12.3. The van der Waals surface area contributed by atoms with E-state index in [1.165, 1.54) is 11.3 Å². The lowest BCUT2D eigenvalue weighted by Gasteiger charge is -2.06. The normalized spacial score (nSPS) is 11.5. The summed E-state index contributed by atoms with van der Waals surface area (Å²) in [6.07, 6.45) is 0.846. The van der Waals surface area contributed by atoms with Crippen molar-refractivity contribution in [1.29, 1.82) is 0 Å². The molecule has 2 rings (SSSR count). The van der Waals surface area contributed by atoms with Crippen molar-refractivity contribution in [2.75, 3.05) is 17.8 Å². The first-order valence-corrected chi connectivity index (χ1v) is 9.20. The summed E-state index contributed by atoms with van der Waals surface area (Å²) in [5, 5.41) is 3.23. The van der Waals surface area contributed by atoms with E-state index in [0.29, 0.717) is 9.90 Å². The number of aryl methyl sites for hydroxylation is 1. The van der Waals surface area contributed by atoms with E-state index in [9.17, 15) is 8.42 Å². The Labute approximate surface area is 130 Å².